The lowest BCUT2D eigenvalue weighted by molar-refractivity contribution is -0.254. The quantitative estimate of drug-likeness (QED) is 0.113. The van der Waals surface area contributed by atoms with Gasteiger partial charge in [-0.1, -0.05) is 64.2 Å². The minimum Gasteiger partial charge on any atom is -0.481 e. The highest BCUT2D eigenvalue weighted by Crippen LogP contribution is 2.41. The Bertz CT molecular complexity index is 998. The van der Waals surface area contributed by atoms with Crippen molar-refractivity contribution in [2.24, 2.45) is 41.4 Å². The van der Waals surface area contributed by atoms with Crippen LogP contribution in [0.3, 0.4) is 0 Å². The number of hydrogen-bond donors (Lipinski definition) is 4. The van der Waals surface area contributed by atoms with Gasteiger partial charge in [0.15, 0.2) is 0 Å². The summed E-state index contributed by atoms with van der Waals surface area (Å²) >= 11 is 0. The highest BCUT2D eigenvalue weighted by Gasteiger charge is 2.41. The fourth-order valence-electron chi connectivity index (χ4n) is 11.5. The molecule has 6 fully saturated rings. The summed E-state index contributed by atoms with van der Waals surface area (Å²) in [5, 5.41) is 26.6. The van der Waals surface area contributed by atoms with Gasteiger partial charge in [-0.05, 0) is 126 Å². The number of carboxylic acids is 1. The highest BCUT2D eigenvalue weighted by atomic mass is 17.1. The Labute approximate surface area is 296 Å². The molecule has 4 N–H and O–H groups in total. The average Bonchev–Trinajstić information content (AvgIpc) is 3.12. The molecule has 0 saturated heterocycles. The number of ether oxygens (including phenoxy) is 1. The molecule has 0 aromatic carbocycles. The van der Waals surface area contributed by atoms with Gasteiger partial charge in [0.25, 0.3) is 0 Å². The summed E-state index contributed by atoms with van der Waals surface area (Å²) in [7, 11) is 0. The van der Waals surface area contributed by atoms with Gasteiger partial charge in [0, 0.05) is 24.0 Å². The van der Waals surface area contributed by atoms with Crippen molar-refractivity contribution in [1.82, 2.24) is 10.6 Å². The Morgan fingerprint density at radius 1 is 0.571 bits per heavy atom. The van der Waals surface area contributed by atoms with E-state index >= 15 is 0 Å². The van der Waals surface area contributed by atoms with E-state index in [9.17, 15) is 20.0 Å². The maximum Gasteiger partial charge on any atom is 0.307 e. The number of rotatable bonds is 13. The number of carbonyl (C=O) groups excluding carboxylic acids is 1. The van der Waals surface area contributed by atoms with Crippen molar-refractivity contribution in [1.29, 1.82) is 0 Å². The maximum absolute atomic E-state index is 13.5. The first-order chi connectivity index (χ1) is 23.9. The molecule has 6 saturated carbocycles. The second-order valence-corrected chi connectivity index (χ2v) is 17.8. The predicted octanol–water partition coefficient (Wildman–Crippen LogP) is 8.66. The second kappa shape index (κ2) is 19.0. The van der Waals surface area contributed by atoms with Crippen molar-refractivity contribution >= 4 is 11.9 Å². The van der Waals surface area contributed by atoms with E-state index in [0.717, 1.165) is 88.4 Å². The van der Waals surface area contributed by atoms with Crippen LogP contribution in [0.2, 0.25) is 0 Å². The SMILES string of the molecule is O=C(O)C1CCC(CC2CCCCC2)CC1C(=O)NC1CCC(OC2CCC(NC3CC(CC4CCCCC4)CCC3COO)CC2)CC1. The zero-order chi connectivity index (χ0) is 34.0. The molecule has 0 aliphatic heterocycles. The van der Waals surface area contributed by atoms with E-state index in [-0.39, 0.29) is 24.0 Å². The van der Waals surface area contributed by atoms with Crippen LogP contribution in [0.1, 0.15) is 167 Å². The van der Waals surface area contributed by atoms with Crippen LogP contribution < -0.4 is 10.6 Å². The fraction of sp³-hybridized carbons (Fsp3) is 0.951. The van der Waals surface area contributed by atoms with Crippen molar-refractivity contribution in [3.05, 3.63) is 0 Å². The Balaban J connectivity index is 0.896. The maximum atomic E-state index is 13.5. The van der Waals surface area contributed by atoms with Gasteiger partial charge in [-0.2, -0.15) is 0 Å². The predicted molar refractivity (Wildman–Crippen MR) is 192 cm³/mol. The molecule has 8 nitrogen and oxygen atoms in total. The third-order valence-corrected chi connectivity index (χ3v) is 14.3. The molecule has 8 heteroatoms. The molecule has 0 aromatic rings. The normalized spacial score (nSPS) is 38.6. The van der Waals surface area contributed by atoms with Crippen LogP contribution in [0, 0.1) is 41.4 Å². The topological polar surface area (TPSA) is 117 Å². The molecule has 6 aliphatic rings. The molecule has 0 heterocycles. The summed E-state index contributed by atoms with van der Waals surface area (Å²) in [5.74, 6) is 1.65. The van der Waals surface area contributed by atoms with Gasteiger partial charge in [-0.15, -0.1) is 0 Å². The Kier molecular flexibility index (Phi) is 14.6. The molecular weight excluding hydrogens is 616 g/mol. The Morgan fingerprint density at radius 2 is 1.12 bits per heavy atom. The standard InChI is InChI=1S/C41H70N2O6/c44-40(38-25-30(12-22-37(38)41(45)46)23-28-7-3-1-4-8-28)43-34-16-20-36(21-17-34)49-35-18-14-33(15-19-35)42-39-26-31(11-13-32(39)27-48-47)24-29-9-5-2-6-10-29/h28-39,42,47H,1-27H2,(H,43,44)(H,45,46). The monoisotopic (exact) mass is 687 g/mol. The number of amides is 1. The van der Waals surface area contributed by atoms with Gasteiger partial charge >= 0.3 is 5.97 Å². The van der Waals surface area contributed by atoms with Gasteiger partial charge in [-0.3, -0.25) is 14.8 Å². The van der Waals surface area contributed by atoms with E-state index in [1.807, 2.05) is 0 Å². The molecule has 1 amide bonds. The van der Waals surface area contributed by atoms with Gasteiger partial charge in [0.2, 0.25) is 5.91 Å². The number of carbonyl (C=O) groups is 2. The summed E-state index contributed by atoms with van der Waals surface area (Å²) in [6.45, 7) is 0.442. The minimum atomic E-state index is -0.796. The molecule has 6 aliphatic carbocycles. The summed E-state index contributed by atoms with van der Waals surface area (Å²) in [6.07, 6.45) is 31.1. The highest BCUT2D eigenvalue weighted by molar-refractivity contribution is 5.85. The van der Waals surface area contributed by atoms with E-state index in [1.54, 1.807) is 0 Å². The smallest absolute Gasteiger partial charge is 0.307 e. The number of aliphatic carboxylic acids is 1. The first-order valence-corrected chi connectivity index (χ1v) is 21.1. The molecule has 6 rings (SSSR count). The molecule has 0 spiro atoms. The van der Waals surface area contributed by atoms with Crippen LogP contribution >= 0.6 is 0 Å². The molecular formula is C41H70N2O6. The van der Waals surface area contributed by atoms with Crippen LogP contribution in [-0.4, -0.2) is 59.2 Å². The average molecular weight is 687 g/mol. The summed E-state index contributed by atoms with van der Waals surface area (Å²) in [6, 6.07) is 1.08. The van der Waals surface area contributed by atoms with Crippen molar-refractivity contribution in [3.8, 4) is 0 Å². The van der Waals surface area contributed by atoms with Crippen molar-refractivity contribution < 1.29 is 29.6 Å². The van der Waals surface area contributed by atoms with Crippen molar-refractivity contribution in [3.63, 3.8) is 0 Å². The first kappa shape index (κ1) is 37.5. The van der Waals surface area contributed by atoms with Gasteiger partial charge in [0.1, 0.15) is 0 Å². The van der Waals surface area contributed by atoms with Crippen LogP contribution in [0.15, 0.2) is 0 Å². The van der Waals surface area contributed by atoms with Crippen molar-refractivity contribution in [2.45, 2.75) is 197 Å². The van der Waals surface area contributed by atoms with E-state index in [1.165, 1.54) is 89.9 Å². The molecule has 0 bridgehead atoms. The van der Waals surface area contributed by atoms with Gasteiger partial charge in [0.05, 0.1) is 30.7 Å². The van der Waals surface area contributed by atoms with Crippen LogP contribution in [0.25, 0.3) is 0 Å². The van der Waals surface area contributed by atoms with E-state index in [4.69, 9.17) is 4.74 Å². The number of nitrogens with one attached hydrogen (secondary N) is 2. The van der Waals surface area contributed by atoms with Crippen LogP contribution in [0.5, 0.6) is 0 Å². The third kappa shape index (κ3) is 11.1. The third-order valence-electron chi connectivity index (χ3n) is 14.3. The van der Waals surface area contributed by atoms with Gasteiger partial charge in [-0.25, -0.2) is 4.89 Å². The summed E-state index contributed by atoms with van der Waals surface area (Å²) in [5.41, 5.74) is 0. The molecule has 280 valence electrons. The lowest BCUT2D eigenvalue weighted by Crippen LogP contribution is -2.49. The van der Waals surface area contributed by atoms with E-state index in [0.29, 0.717) is 43.1 Å². The summed E-state index contributed by atoms with van der Waals surface area (Å²) in [4.78, 5) is 30.3. The Morgan fingerprint density at radius 3 is 1.69 bits per heavy atom. The molecule has 6 atom stereocenters. The summed E-state index contributed by atoms with van der Waals surface area (Å²) < 4.78 is 6.66. The van der Waals surface area contributed by atoms with Crippen LogP contribution in [-0.2, 0) is 19.2 Å². The lowest BCUT2D eigenvalue weighted by atomic mass is 9.69. The first-order valence-electron chi connectivity index (χ1n) is 21.1. The minimum absolute atomic E-state index is 0.0120. The van der Waals surface area contributed by atoms with Crippen molar-refractivity contribution in [2.75, 3.05) is 6.61 Å². The van der Waals surface area contributed by atoms with E-state index < -0.39 is 11.9 Å². The van der Waals surface area contributed by atoms with E-state index in [2.05, 4.69) is 15.5 Å². The second-order valence-electron chi connectivity index (χ2n) is 17.8. The van der Waals surface area contributed by atoms with Gasteiger partial charge < -0.3 is 20.5 Å². The largest absolute Gasteiger partial charge is 0.481 e. The lowest BCUT2D eigenvalue weighted by Gasteiger charge is -2.41. The Hall–Kier alpha value is -1.22. The number of hydrogen-bond acceptors (Lipinski definition) is 6. The zero-order valence-electron chi connectivity index (χ0n) is 30.5. The fourth-order valence-corrected chi connectivity index (χ4v) is 11.5. The van der Waals surface area contributed by atoms with Crippen LogP contribution in [0.4, 0.5) is 0 Å². The number of carboxylic acid groups (broad SMARTS) is 1. The molecule has 6 unspecified atom stereocenters. The molecule has 0 radical (unpaired) electrons. The zero-order valence-corrected chi connectivity index (χ0v) is 30.5. The molecule has 49 heavy (non-hydrogen) atoms. The molecule has 0 aromatic heterocycles.